The molecule has 1 aromatic rings. The fraction of sp³-hybridized carbons (Fsp3) is 0.545. The summed E-state index contributed by atoms with van der Waals surface area (Å²) >= 11 is 0. The van der Waals surface area contributed by atoms with Crippen LogP contribution >= 0.6 is 0 Å². The predicted octanol–water partition coefficient (Wildman–Crippen LogP) is 0.993. The molecule has 1 atom stereocenters. The predicted molar refractivity (Wildman–Crippen MR) is 56.5 cm³/mol. The quantitative estimate of drug-likeness (QED) is 0.779. The minimum atomic E-state index is 0.0191. The average molecular weight is 208 g/mol. The molecule has 4 heteroatoms. The summed E-state index contributed by atoms with van der Waals surface area (Å²) in [6.45, 7) is 0.367. The summed E-state index contributed by atoms with van der Waals surface area (Å²) in [7, 11) is 1.65. The molecule has 0 fully saturated rings. The van der Waals surface area contributed by atoms with Crippen LogP contribution in [0.2, 0.25) is 0 Å². The van der Waals surface area contributed by atoms with E-state index in [9.17, 15) is 4.79 Å². The van der Waals surface area contributed by atoms with Gasteiger partial charge in [0.1, 0.15) is 5.76 Å². The standard InChI is InChI=1S/C11H16N2O2/c1-12-11(14)7-13-9-3-2-4-10-8(9)5-6-15-10/h5-6,9,13H,2-4,7H2,1H3,(H,12,14). The molecule has 82 valence electrons. The maximum atomic E-state index is 11.1. The first-order chi connectivity index (χ1) is 7.31. The maximum absolute atomic E-state index is 11.1. The van der Waals surface area contributed by atoms with E-state index < -0.39 is 0 Å². The minimum Gasteiger partial charge on any atom is -0.469 e. The van der Waals surface area contributed by atoms with Gasteiger partial charge in [-0.25, -0.2) is 0 Å². The smallest absolute Gasteiger partial charge is 0.233 e. The van der Waals surface area contributed by atoms with E-state index in [4.69, 9.17) is 4.42 Å². The van der Waals surface area contributed by atoms with Crippen LogP contribution in [0.1, 0.15) is 30.2 Å². The van der Waals surface area contributed by atoms with E-state index in [-0.39, 0.29) is 11.9 Å². The monoisotopic (exact) mass is 208 g/mol. The fourth-order valence-electron chi connectivity index (χ4n) is 2.00. The molecule has 4 nitrogen and oxygen atoms in total. The Kier molecular flexibility index (Phi) is 3.06. The number of carbonyl (C=O) groups excluding carboxylic acids is 1. The number of aryl methyl sites for hydroxylation is 1. The fourth-order valence-corrected chi connectivity index (χ4v) is 2.00. The Labute approximate surface area is 89.0 Å². The second-order valence-electron chi connectivity index (χ2n) is 3.80. The van der Waals surface area contributed by atoms with Crippen LogP contribution in [0.5, 0.6) is 0 Å². The lowest BCUT2D eigenvalue weighted by Crippen LogP contribution is -2.34. The van der Waals surface area contributed by atoms with E-state index in [0.717, 1.165) is 25.0 Å². The highest BCUT2D eigenvalue weighted by Gasteiger charge is 2.22. The van der Waals surface area contributed by atoms with Crippen molar-refractivity contribution in [3.8, 4) is 0 Å². The largest absolute Gasteiger partial charge is 0.469 e. The molecular formula is C11H16N2O2. The van der Waals surface area contributed by atoms with Gasteiger partial charge in [0.25, 0.3) is 0 Å². The van der Waals surface area contributed by atoms with Crippen LogP contribution in [-0.2, 0) is 11.2 Å². The van der Waals surface area contributed by atoms with Crippen LogP contribution < -0.4 is 10.6 Å². The van der Waals surface area contributed by atoms with Crippen molar-refractivity contribution in [3.05, 3.63) is 23.7 Å². The van der Waals surface area contributed by atoms with E-state index in [1.165, 1.54) is 5.56 Å². The van der Waals surface area contributed by atoms with Crippen LogP contribution in [0.25, 0.3) is 0 Å². The zero-order valence-corrected chi connectivity index (χ0v) is 8.88. The van der Waals surface area contributed by atoms with Crippen molar-refractivity contribution in [2.75, 3.05) is 13.6 Å². The molecule has 1 aliphatic carbocycles. The first kappa shape index (κ1) is 10.2. The van der Waals surface area contributed by atoms with Crippen molar-refractivity contribution in [3.63, 3.8) is 0 Å². The van der Waals surface area contributed by atoms with Gasteiger partial charge < -0.3 is 15.1 Å². The van der Waals surface area contributed by atoms with E-state index >= 15 is 0 Å². The van der Waals surface area contributed by atoms with Crippen LogP contribution in [0.15, 0.2) is 16.7 Å². The molecule has 2 rings (SSSR count). The Morgan fingerprint density at radius 3 is 3.33 bits per heavy atom. The lowest BCUT2D eigenvalue weighted by molar-refractivity contribution is -0.119. The van der Waals surface area contributed by atoms with Gasteiger partial charge in [0, 0.05) is 25.1 Å². The summed E-state index contributed by atoms with van der Waals surface area (Å²) in [5, 5.41) is 5.84. The van der Waals surface area contributed by atoms with Gasteiger partial charge in [0.15, 0.2) is 0 Å². The number of amides is 1. The Balaban J connectivity index is 1.97. The van der Waals surface area contributed by atoms with E-state index in [1.807, 2.05) is 6.07 Å². The minimum absolute atomic E-state index is 0.0191. The topological polar surface area (TPSA) is 54.3 Å². The Hall–Kier alpha value is -1.29. The molecule has 1 amide bonds. The molecule has 0 saturated heterocycles. The number of nitrogens with one attached hydrogen (secondary N) is 2. The number of carbonyl (C=O) groups is 1. The van der Waals surface area contributed by atoms with E-state index in [1.54, 1.807) is 13.3 Å². The SMILES string of the molecule is CNC(=O)CNC1CCCc2occc21. The van der Waals surface area contributed by atoms with Gasteiger partial charge in [-0.15, -0.1) is 0 Å². The van der Waals surface area contributed by atoms with Gasteiger partial charge in [-0.2, -0.15) is 0 Å². The lowest BCUT2D eigenvalue weighted by atomic mass is 9.93. The molecule has 0 saturated carbocycles. The zero-order valence-electron chi connectivity index (χ0n) is 8.88. The number of hydrogen-bond donors (Lipinski definition) is 2. The molecular weight excluding hydrogens is 192 g/mol. The van der Waals surface area contributed by atoms with Crippen LogP contribution in [0.4, 0.5) is 0 Å². The molecule has 0 aromatic carbocycles. The summed E-state index contributed by atoms with van der Waals surface area (Å²) in [6, 6.07) is 2.26. The lowest BCUT2D eigenvalue weighted by Gasteiger charge is -2.22. The van der Waals surface area contributed by atoms with Crippen molar-refractivity contribution >= 4 is 5.91 Å². The molecule has 0 aliphatic heterocycles. The first-order valence-corrected chi connectivity index (χ1v) is 5.31. The van der Waals surface area contributed by atoms with Crippen molar-refractivity contribution < 1.29 is 9.21 Å². The second-order valence-corrected chi connectivity index (χ2v) is 3.80. The van der Waals surface area contributed by atoms with Crippen LogP contribution in [0.3, 0.4) is 0 Å². The third-order valence-electron chi connectivity index (χ3n) is 2.84. The maximum Gasteiger partial charge on any atom is 0.233 e. The summed E-state index contributed by atoms with van der Waals surface area (Å²) < 4.78 is 5.38. The van der Waals surface area contributed by atoms with Crippen LogP contribution in [-0.4, -0.2) is 19.5 Å². The zero-order chi connectivity index (χ0) is 10.7. The Morgan fingerprint density at radius 1 is 1.67 bits per heavy atom. The molecule has 0 spiro atoms. The second kappa shape index (κ2) is 4.49. The highest BCUT2D eigenvalue weighted by atomic mass is 16.3. The first-order valence-electron chi connectivity index (χ1n) is 5.31. The molecule has 0 radical (unpaired) electrons. The molecule has 1 unspecified atom stereocenters. The van der Waals surface area contributed by atoms with Gasteiger partial charge in [0.05, 0.1) is 12.8 Å². The third kappa shape index (κ3) is 2.21. The van der Waals surface area contributed by atoms with Crippen molar-refractivity contribution in [2.24, 2.45) is 0 Å². The highest BCUT2D eigenvalue weighted by Crippen LogP contribution is 2.29. The van der Waals surface area contributed by atoms with Crippen LogP contribution in [0, 0.1) is 0 Å². The molecule has 2 N–H and O–H groups in total. The van der Waals surface area contributed by atoms with Gasteiger partial charge in [-0.1, -0.05) is 0 Å². The highest BCUT2D eigenvalue weighted by molar-refractivity contribution is 5.77. The molecule has 1 aromatic heterocycles. The number of furan rings is 1. The van der Waals surface area contributed by atoms with E-state index in [0.29, 0.717) is 6.54 Å². The third-order valence-corrected chi connectivity index (χ3v) is 2.84. The number of rotatable bonds is 3. The summed E-state index contributed by atoms with van der Waals surface area (Å²) in [5.74, 6) is 1.08. The van der Waals surface area contributed by atoms with Crippen molar-refractivity contribution in [2.45, 2.75) is 25.3 Å². The summed E-state index contributed by atoms with van der Waals surface area (Å²) in [5.41, 5.74) is 1.21. The normalized spacial score (nSPS) is 19.7. The van der Waals surface area contributed by atoms with E-state index in [2.05, 4.69) is 10.6 Å². The van der Waals surface area contributed by atoms with Gasteiger partial charge in [-0.3, -0.25) is 4.79 Å². The van der Waals surface area contributed by atoms with Gasteiger partial charge >= 0.3 is 0 Å². The van der Waals surface area contributed by atoms with Gasteiger partial charge in [0.2, 0.25) is 5.91 Å². The molecule has 15 heavy (non-hydrogen) atoms. The Bertz CT molecular complexity index is 346. The number of fused-ring (bicyclic) bond motifs is 1. The average Bonchev–Trinajstić information content (AvgIpc) is 2.74. The van der Waals surface area contributed by atoms with Crippen molar-refractivity contribution in [1.29, 1.82) is 0 Å². The number of hydrogen-bond acceptors (Lipinski definition) is 3. The molecule has 0 bridgehead atoms. The number of likely N-dealkylation sites (N-methyl/N-ethyl adjacent to an activating group) is 1. The summed E-state index contributed by atoms with van der Waals surface area (Å²) in [6.07, 6.45) is 4.93. The Morgan fingerprint density at radius 2 is 2.53 bits per heavy atom. The summed E-state index contributed by atoms with van der Waals surface area (Å²) in [4.78, 5) is 11.1. The molecule has 1 heterocycles. The van der Waals surface area contributed by atoms with Gasteiger partial charge in [-0.05, 0) is 18.9 Å². The van der Waals surface area contributed by atoms with Crippen molar-refractivity contribution in [1.82, 2.24) is 10.6 Å². The molecule has 1 aliphatic rings.